The van der Waals surface area contributed by atoms with E-state index in [1.807, 2.05) is 0 Å². The highest BCUT2D eigenvalue weighted by molar-refractivity contribution is 5.70. The van der Waals surface area contributed by atoms with E-state index in [0.29, 0.717) is 18.9 Å². The van der Waals surface area contributed by atoms with Crippen LogP contribution in [-0.4, -0.2) is 33.8 Å². The van der Waals surface area contributed by atoms with Crippen molar-refractivity contribution < 1.29 is 32.2 Å². The van der Waals surface area contributed by atoms with E-state index in [1.54, 1.807) is 20.8 Å². The van der Waals surface area contributed by atoms with Gasteiger partial charge in [-0.2, -0.15) is 13.2 Å². The van der Waals surface area contributed by atoms with Crippen LogP contribution in [-0.2, 0) is 16.5 Å². The number of alkyl halides is 3. The summed E-state index contributed by atoms with van der Waals surface area (Å²) in [5.74, 6) is -1.01. The maximum absolute atomic E-state index is 13.4. The number of aliphatic hydroxyl groups is 1. The minimum absolute atomic E-state index is 0.0442. The summed E-state index contributed by atoms with van der Waals surface area (Å²) in [6.07, 6.45) is -4.24. The molecule has 1 N–H and O–H groups in total. The average Bonchev–Trinajstić information content (AvgIpc) is 2.77. The predicted octanol–water partition coefficient (Wildman–Crippen LogP) is 4.59. The Morgan fingerprint density at radius 3 is 2.22 bits per heavy atom. The summed E-state index contributed by atoms with van der Waals surface area (Å²) >= 11 is 0. The highest BCUT2D eigenvalue weighted by atomic mass is 19.4. The van der Waals surface area contributed by atoms with Crippen LogP contribution < -0.4 is 0 Å². The molecular weight excluding hydrogens is 366 g/mol. The van der Waals surface area contributed by atoms with Crippen molar-refractivity contribution in [2.24, 2.45) is 0 Å². The minimum atomic E-state index is -4.78. The zero-order valence-corrected chi connectivity index (χ0v) is 15.4. The molecule has 0 aliphatic carbocycles. The van der Waals surface area contributed by atoms with Crippen molar-refractivity contribution in [3.05, 3.63) is 35.1 Å². The molecule has 0 spiro atoms. The van der Waals surface area contributed by atoms with Gasteiger partial charge in [-0.05, 0) is 51.3 Å². The lowest BCUT2D eigenvalue weighted by atomic mass is 9.78. The SMILES string of the molecule is CC(C)(C)OC(=O)N1C2CCC1CC(O)(c1ccc(F)cc1C(F)(F)F)C2. The first-order chi connectivity index (χ1) is 12.3. The lowest BCUT2D eigenvalue weighted by Crippen LogP contribution is -2.53. The Hall–Kier alpha value is -1.83. The molecule has 1 aromatic rings. The highest BCUT2D eigenvalue weighted by Gasteiger charge is 2.53. The van der Waals surface area contributed by atoms with E-state index in [9.17, 15) is 27.5 Å². The Labute approximate surface area is 155 Å². The van der Waals surface area contributed by atoms with Crippen LogP contribution in [0.4, 0.5) is 22.4 Å². The van der Waals surface area contributed by atoms with Crippen molar-refractivity contribution in [2.75, 3.05) is 0 Å². The fourth-order valence-corrected chi connectivity index (χ4v) is 4.21. The molecular formula is C19H23F4NO3. The summed E-state index contributed by atoms with van der Waals surface area (Å²) in [4.78, 5) is 14.0. The van der Waals surface area contributed by atoms with Gasteiger partial charge < -0.3 is 14.7 Å². The van der Waals surface area contributed by atoms with Crippen molar-refractivity contribution in [2.45, 2.75) is 75.9 Å². The van der Waals surface area contributed by atoms with E-state index in [4.69, 9.17) is 4.74 Å². The Morgan fingerprint density at radius 2 is 1.74 bits per heavy atom. The first-order valence-corrected chi connectivity index (χ1v) is 8.91. The Balaban J connectivity index is 1.91. The van der Waals surface area contributed by atoms with Gasteiger partial charge in [-0.3, -0.25) is 0 Å². The summed E-state index contributed by atoms with van der Waals surface area (Å²) in [6.45, 7) is 5.21. The third-order valence-corrected chi connectivity index (χ3v) is 5.16. The second-order valence-electron chi connectivity index (χ2n) is 8.40. The van der Waals surface area contributed by atoms with E-state index in [1.165, 1.54) is 4.90 Å². The zero-order chi connectivity index (χ0) is 20.2. The number of fused-ring (bicyclic) bond motifs is 2. The number of rotatable bonds is 1. The number of piperidine rings is 1. The standard InChI is InChI=1S/C19H23F4NO3/c1-17(2,3)27-16(25)24-12-5-6-13(24)10-18(26,9-12)14-7-4-11(20)8-15(14)19(21,22)23/h4,7-8,12-13,26H,5-6,9-10H2,1-3H3. The Morgan fingerprint density at radius 1 is 1.19 bits per heavy atom. The first-order valence-electron chi connectivity index (χ1n) is 8.91. The van der Waals surface area contributed by atoms with Gasteiger partial charge in [0.2, 0.25) is 0 Å². The smallest absolute Gasteiger partial charge is 0.416 e. The predicted molar refractivity (Wildman–Crippen MR) is 89.4 cm³/mol. The van der Waals surface area contributed by atoms with Crippen molar-refractivity contribution in [1.29, 1.82) is 0 Å². The van der Waals surface area contributed by atoms with Gasteiger partial charge in [-0.15, -0.1) is 0 Å². The lowest BCUT2D eigenvalue weighted by Gasteiger charge is -2.44. The summed E-state index contributed by atoms with van der Waals surface area (Å²) in [6, 6.07) is 1.49. The molecule has 8 heteroatoms. The number of halogens is 4. The number of carbonyl (C=O) groups is 1. The van der Waals surface area contributed by atoms with Gasteiger partial charge in [0.15, 0.2) is 0 Å². The molecule has 3 rings (SSSR count). The van der Waals surface area contributed by atoms with E-state index in [0.717, 1.165) is 12.1 Å². The fourth-order valence-electron chi connectivity index (χ4n) is 4.21. The molecule has 2 atom stereocenters. The number of nitrogens with zero attached hydrogens (tertiary/aromatic N) is 1. The molecule has 2 fully saturated rings. The van der Waals surface area contributed by atoms with Gasteiger partial charge in [0.05, 0.1) is 11.2 Å². The van der Waals surface area contributed by atoms with Crippen molar-refractivity contribution in [1.82, 2.24) is 4.90 Å². The van der Waals surface area contributed by atoms with Crippen molar-refractivity contribution in [3.63, 3.8) is 0 Å². The molecule has 2 heterocycles. The molecule has 1 amide bonds. The van der Waals surface area contributed by atoms with Gasteiger partial charge in [0.1, 0.15) is 11.4 Å². The third-order valence-electron chi connectivity index (χ3n) is 5.16. The second-order valence-corrected chi connectivity index (χ2v) is 8.40. The van der Waals surface area contributed by atoms with Crippen LogP contribution >= 0.6 is 0 Å². The van der Waals surface area contributed by atoms with E-state index >= 15 is 0 Å². The molecule has 1 aromatic carbocycles. The molecule has 2 saturated heterocycles. The van der Waals surface area contributed by atoms with Crippen LogP contribution in [0.3, 0.4) is 0 Å². The minimum Gasteiger partial charge on any atom is -0.444 e. The van der Waals surface area contributed by atoms with Crippen LogP contribution in [0.25, 0.3) is 0 Å². The zero-order valence-electron chi connectivity index (χ0n) is 15.4. The molecule has 2 aliphatic heterocycles. The highest BCUT2D eigenvalue weighted by Crippen LogP contribution is 2.49. The summed E-state index contributed by atoms with van der Waals surface area (Å²) in [5, 5.41) is 11.1. The van der Waals surface area contributed by atoms with Crippen molar-refractivity contribution >= 4 is 6.09 Å². The second kappa shape index (κ2) is 6.36. The molecule has 0 saturated carbocycles. The summed E-state index contributed by atoms with van der Waals surface area (Å²) < 4.78 is 59.0. The van der Waals surface area contributed by atoms with Crippen LogP contribution in [0.2, 0.25) is 0 Å². The molecule has 27 heavy (non-hydrogen) atoms. The molecule has 0 aromatic heterocycles. The quantitative estimate of drug-likeness (QED) is 0.715. The molecule has 150 valence electrons. The normalized spacial score (nSPS) is 28.4. The van der Waals surface area contributed by atoms with Crippen LogP contribution in [0.5, 0.6) is 0 Å². The fraction of sp³-hybridized carbons (Fsp3) is 0.632. The van der Waals surface area contributed by atoms with Crippen LogP contribution in [0.15, 0.2) is 18.2 Å². The summed E-state index contributed by atoms with van der Waals surface area (Å²) in [5.41, 5.74) is -3.97. The number of ether oxygens (including phenoxy) is 1. The summed E-state index contributed by atoms with van der Waals surface area (Å²) in [7, 11) is 0. The Bertz CT molecular complexity index is 727. The van der Waals surface area contributed by atoms with Gasteiger partial charge in [0, 0.05) is 24.9 Å². The monoisotopic (exact) mass is 389 g/mol. The Kier molecular flexibility index (Phi) is 4.69. The molecule has 0 radical (unpaired) electrons. The largest absolute Gasteiger partial charge is 0.444 e. The van der Waals surface area contributed by atoms with E-state index < -0.39 is 46.9 Å². The van der Waals surface area contributed by atoms with Gasteiger partial charge >= 0.3 is 12.3 Å². The number of hydrogen-bond acceptors (Lipinski definition) is 3. The van der Waals surface area contributed by atoms with Crippen LogP contribution in [0.1, 0.15) is 57.6 Å². The third kappa shape index (κ3) is 3.90. The van der Waals surface area contributed by atoms with Crippen molar-refractivity contribution in [3.8, 4) is 0 Å². The number of hydrogen-bond donors (Lipinski definition) is 1. The van der Waals surface area contributed by atoms with Gasteiger partial charge in [0.25, 0.3) is 0 Å². The molecule has 2 unspecified atom stereocenters. The first kappa shape index (κ1) is 19.9. The maximum Gasteiger partial charge on any atom is 0.416 e. The average molecular weight is 389 g/mol. The number of benzene rings is 1. The molecule has 2 aliphatic rings. The van der Waals surface area contributed by atoms with E-state index in [2.05, 4.69) is 0 Å². The lowest BCUT2D eigenvalue weighted by molar-refractivity contribution is -0.143. The molecule has 2 bridgehead atoms. The number of amides is 1. The molecule has 4 nitrogen and oxygen atoms in total. The van der Waals surface area contributed by atoms with Crippen LogP contribution in [0, 0.1) is 5.82 Å². The maximum atomic E-state index is 13.4. The number of carbonyl (C=O) groups excluding carboxylic acids is 1. The van der Waals surface area contributed by atoms with Gasteiger partial charge in [-0.25, -0.2) is 9.18 Å². The topological polar surface area (TPSA) is 49.8 Å². The van der Waals surface area contributed by atoms with Gasteiger partial charge in [-0.1, -0.05) is 6.07 Å². The van der Waals surface area contributed by atoms with E-state index in [-0.39, 0.29) is 18.4 Å².